The molecule has 3 aliphatic rings. The summed E-state index contributed by atoms with van der Waals surface area (Å²) in [5, 5.41) is 19.1. The zero-order chi connectivity index (χ0) is 22.1. The Balaban J connectivity index is 1.19. The number of allylic oxidation sites excluding steroid dienone is 1. The molecule has 168 valence electrons. The van der Waals surface area contributed by atoms with Crippen molar-refractivity contribution in [2.24, 2.45) is 11.8 Å². The summed E-state index contributed by atoms with van der Waals surface area (Å²) in [6.07, 6.45) is 5.56. The highest BCUT2D eigenvalue weighted by Gasteiger charge is 2.39. The molecule has 5 nitrogen and oxygen atoms in total. The Morgan fingerprint density at radius 3 is 2.53 bits per heavy atom. The predicted molar refractivity (Wildman–Crippen MR) is 129 cm³/mol. The molecule has 0 aromatic heterocycles. The molecular formula is C26H30N2O3S. The van der Waals surface area contributed by atoms with Crippen molar-refractivity contribution in [3.05, 3.63) is 71.3 Å². The Bertz CT molecular complexity index is 999. The normalized spacial score (nSPS) is 23.4. The third-order valence-electron chi connectivity index (χ3n) is 6.86. The number of likely N-dealkylation sites (tertiary alicyclic amines) is 1. The molecule has 0 amide bonds. The smallest absolute Gasteiger partial charge is 0.136 e. The standard InChI is InChI=1S/C26H30N2O3S/c1-32-11-10-31-24-8-4-18(5-9-24)20-12-21-14-28(15-22(21)13-20)25(27)19-2-6-23(7-3-19)26(29)16-30-17-26/h2-9,12,21-22,27,29H,10-11,13-17H2,1H3. The van der Waals surface area contributed by atoms with E-state index in [9.17, 15) is 5.11 Å². The van der Waals surface area contributed by atoms with Crippen LogP contribution in [0.5, 0.6) is 5.75 Å². The molecule has 6 heteroatoms. The van der Waals surface area contributed by atoms with Crippen molar-refractivity contribution in [1.82, 2.24) is 4.90 Å². The zero-order valence-electron chi connectivity index (χ0n) is 18.4. The zero-order valence-corrected chi connectivity index (χ0v) is 19.2. The highest BCUT2D eigenvalue weighted by atomic mass is 32.2. The fraction of sp³-hybridized carbons (Fsp3) is 0.423. The van der Waals surface area contributed by atoms with E-state index < -0.39 is 5.60 Å². The molecule has 2 aliphatic heterocycles. The first-order valence-corrected chi connectivity index (χ1v) is 12.6. The van der Waals surface area contributed by atoms with Gasteiger partial charge in [-0.2, -0.15) is 11.8 Å². The number of hydrogen-bond donors (Lipinski definition) is 2. The van der Waals surface area contributed by atoms with Gasteiger partial charge in [-0.05, 0) is 53.3 Å². The number of nitrogens with one attached hydrogen (secondary N) is 1. The van der Waals surface area contributed by atoms with Gasteiger partial charge < -0.3 is 19.5 Å². The number of hydrogen-bond acceptors (Lipinski definition) is 5. The average Bonchev–Trinajstić information content (AvgIpc) is 3.37. The number of rotatable bonds is 7. The van der Waals surface area contributed by atoms with E-state index in [0.717, 1.165) is 48.7 Å². The van der Waals surface area contributed by atoms with Crippen LogP contribution in [0.2, 0.25) is 0 Å². The van der Waals surface area contributed by atoms with E-state index >= 15 is 0 Å². The van der Waals surface area contributed by atoms with Crippen LogP contribution in [0.15, 0.2) is 54.6 Å². The van der Waals surface area contributed by atoms with E-state index in [1.807, 2.05) is 24.3 Å². The van der Waals surface area contributed by atoms with E-state index in [-0.39, 0.29) is 0 Å². The molecule has 0 bridgehead atoms. The lowest BCUT2D eigenvalue weighted by atomic mass is 9.91. The lowest BCUT2D eigenvalue weighted by Gasteiger charge is -2.36. The van der Waals surface area contributed by atoms with Crippen LogP contribution >= 0.6 is 11.8 Å². The topological polar surface area (TPSA) is 65.8 Å². The summed E-state index contributed by atoms with van der Waals surface area (Å²) < 4.78 is 10.9. The van der Waals surface area contributed by atoms with Crippen molar-refractivity contribution in [3.8, 4) is 5.75 Å². The first-order valence-electron chi connectivity index (χ1n) is 11.2. The third kappa shape index (κ3) is 4.19. The van der Waals surface area contributed by atoms with Crippen LogP contribution in [-0.4, -0.2) is 60.8 Å². The molecule has 2 aromatic rings. The molecule has 0 spiro atoms. The second-order valence-electron chi connectivity index (χ2n) is 9.04. The molecule has 2 atom stereocenters. The number of nitrogens with zero attached hydrogens (tertiary/aromatic N) is 1. The Labute approximate surface area is 193 Å². The van der Waals surface area contributed by atoms with Gasteiger partial charge in [0.05, 0.1) is 19.8 Å². The Kier molecular flexibility index (Phi) is 6.01. The van der Waals surface area contributed by atoms with E-state index in [2.05, 4.69) is 41.5 Å². The summed E-state index contributed by atoms with van der Waals surface area (Å²) in [4.78, 5) is 2.20. The quantitative estimate of drug-likeness (QED) is 0.379. The second kappa shape index (κ2) is 8.93. The van der Waals surface area contributed by atoms with Gasteiger partial charge in [-0.1, -0.05) is 42.5 Å². The number of thioether (sulfide) groups is 1. The number of benzene rings is 2. The SMILES string of the molecule is CSCCOc1ccc(C2=CC3CN(C(=N)c4ccc(C5(O)COC5)cc4)CC3C2)cc1. The highest BCUT2D eigenvalue weighted by Crippen LogP contribution is 2.41. The summed E-state index contributed by atoms with van der Waals surface area (Å²) in [5.74, 6) is 3.57. The van der Waals surface area contributed by atoms with Gasteiger partial charge >= 0.3 is 0 Å². The third-order valence-corrected chi connectivity index (χ3v) is 7.44. The summed E-state index contributed by atoms with van der Waals surface area (Å²) in [6.45, 7) is 3.25. The first kappa shape index (κ1) is 21.6. The summed E-state index contributed by atoms with van der Waals surface area (Å²) in [7, 11) is 0. The van der Waals surface area contributed by atoms with E-state index in [1.165, 1.54) is 11.1 Å². The van der Waals surface area contributed by atoms with Crippen molar-refractivity contribution in [1.29, 1.82) is 5.41 Å². The lowest BCUT2D eigenvalue weighted by Crippen LogP contribution is -2.46. The van der Waals surface area contributed by atoms with Crippen LogP contribution in [0.1, 0.15) is 23.1 Å². The van der Waals surface area contributed by atoms with Crippen molar-refractivity contribution in [3.63, 3.8) is 0 Å². The molecule has 0 saturated carbocycles. The van der Waals surface area contributed by atoms with Gasteiger partial charge in [-0.15, -0.1) is 0 Å². The van der Waals surface area contributed by atoms with Gasteiger partial charge in [-0.25, -0.2) is 0 Å². The number of amidine groups is 1. The molecule has 2 aromatic carbocycles. The molecule has 2 fully saturated rings. The molecule has 1 aliphatic carbocycles. The fourth-order valence-corrected chi connectivity index (χ4v) is 5.15. The first-order chi connectivity index (χ1) is 15.6. The van der Waals surface area contributed by atoms with Crippen molar-refractivity contribution in [2.45, 2.75) is 12.0 Å². The van der Waals surface area contributed by atoms with E-state index in [4.69, 9.17) is 14.9 Å². The maximum absolute atomic E-state index is 10.4. The molecule has 5 rings (SSSR count). The molecule has 2 unspecified atom stereocenters. The van der Waals surface area contributed by atoms with Gasteiger partial charge in [0, 0.05) is 24.4 Å². The highest BCUT2D eigenvalue weighted by molar-refractivity contribution is 7.98. The molecule has 2 N–H and O–H groups in total. The minimum atomic E-state index is -0.856. The van der Waals surface area contributed by atoms with E-state index in [1.54, 1.807) is 11.8 Å². The minimum absolute atomic E-state index is 0.349. The Morgan fingerprint density at radius 2 is 1.91 bits per heavy atom. The van der Waals surface area contributed by atoms with Gasteiger partial charge in [0.15, 0.2) is 0 Å². The maximum atomic E-state index is 10.4. The van der Waals surface area contributed by atoms with Gasteiger partial charge in [-0.3, -0.25) is 5.41 Å². The monoisotopic (exact) mass is 450 g/mol. The summed E-state index contributed by atoms with van der Waals surface area (Å²) >= 11 is 1.79. The van der Waals surface area contributed by atoms with Crippen molar-refractivity contribution in [2.75, 3.05) is 44.9 Å². The Morgan fingerprint density at radius 1 is 1.16 bits per heavy atom. The molecule has 2 heterocycles. The maximum Gasteiger partial charge on any atom is 0.136 e. The number of aliphatic hydroxyl groups is 1. The summed E-state index contributed by atoms with van der Waals surface area (Å²) in [6, 6.07) is 16.2. The number of ether oxygens (including phenoxy) is 2. The molecule has 0 radical (unpaired) electrons. The van der Waals surface area contributed by atoms with E-state index in [0.29, 0.717) is 30.9 Å². The van der Waals surface area contributed by atoms with Crippen LogP contribution in [0, 0.1) is 17.2 Å². The fourth-order valence-electron chi connectivity index (χ4n) is 4.90. The minimum Gasteiger partial charge on any atom is -0.493 e. The van der Waals surface area contributed by atoms with Crippen LogP contribution in [0.25, 0.3) is 5.57 Å². The Hall–Kier alpha value is -2.28. The van der Waals surface area contributed by atoms with Crippen molar-refractivity contribution < 1.29 is 14.6 Å². The molecular weight excluding hydrogens is 420 g/mol. The van der Waals surface area contributed by atoms with Crippen LogP contribution in [-0.2, 0) is 10.3 Å². The van der Waals surface area contributed by atoms with Gasteiger partial charge in [0.25, 0.3) is 0 Å². The molecule has 32 heavy (non-hydrogen) atoms. The van der Waals surface area contributed by atoms with Crippen molar-refractivity contribution >= 4 is 23.2 Å². The van der Waals surface area contributed by atoms with Crippen LogP contribution in [0.3, 0.4) is 0 Å². The van der Waals surface area contributed by atoms with Gasteiger partial charge in [0.1, 0.15) is 17.2 Å². The summed E-state index contributed by atoms with van der Waals surface area (Å²) in [5.41, 5.74) is 3.62. The van der Waals surface area contributed by atoms with Crippen LogP contribution < -0.4 is 4.74 Å². The predicted octanol–water partition coefficient (Wildman–Crippen LogP) is 4.01. The van der Waals surface area contributed by atoms with Crippen LogP contribution in [0.4, 0.5) is 0 Å². The second-order valence-corrected chi connectivity index (χ2v) is 10.0. The largest absolute Gasteiger partial charge is 0.493 e. The molecule has 2 saturated heterocycles. The number of fused-ring (bicyclic) bond motifs is 1. The average molecular weight is 451 g/mol. The lowest BCUT2D eigenvalue weighted by molar-refractivity contribution is -0.184. The van der Waals surface area contributed by atoms with Gasteiger partial charge in [0.2, 0.25) is 0 Å².